The summed E-state index contributed by atoms with van der Waals surface area (Å²) < 4.78 is 10.5. The highest BCUT2D eigenvalue weighted by molar-refractivity contribution is 7.18. The summed E-state index contributed by atoms with van der Waals surface area (Å²) in [5, 5.41) is 4.57. The van der Waals surface area contributed by atoms with Gasteiger partial charge in [-0.25, -0.2) is 14.8 Å². The summed E-state index contributed by atoms with van der Waals surface area (Å²) in [6.07, 6.45) is 0.948. The number of aromatic nitrogens is 1. The molecule has 1 N–H and O–H groups in total. The Balaban J connectivity index is 0.00000181. The fourth-order valence-electron chi connectivity index (χ4n) is 3.73. The SMILES string of the molecule is CCOC(=O)c1nc2c(s1)Nc1ccccc1N=C2N1CCN(C)[C@@H](CCOC)C1.Cl.Cl. The van der Waals surface area contributed by atoms with E-state index in [1.54, 1.807) is 14.0 Å². The number of hydrogen-bond acceptors (Lipinski definition) is 9. The van der Waals surface area contributed by atoms with E-state index >= 15 is 0 Å². The summed E-state index contributed by atoms with van der Waals surface area (Å²) in [6.45, 7) is 5.42. The van der Waals surface area contributed by atoms with Gasteiger partial charge >= 0.3 is 5.97 Å². The number of aliphatic imine (C=N–C) groups is 1. The number of carbonyl (C=O) groups excluding carboxylic acids is 1. The molecule has 0 bridgehead atoms. The number of likely N-dealkylation sites (N-methyl/N-ethyl adjacent to an activating group) is 1. The maximum Gasteiger partial charge on any atom is 0.367 e. The van der Waals surface area contributed by atoms with Gasteiger partial charge in [-0.05, 0) is 32.5 Å². The Labute approximate surface area is 204 Å². The lowest BCUT2D eigenvalue weighted by atomic mass is 10.1. The van der Waals surface area contributed by atoms with Crippen LogP contribution in [0.3, 0.4) is 0 Å². The predicted molar refractivity (Wildman–Crippen MR) is 133 cm³/mol. The van der Waals surface area contributed by atoms with Crippen LogP contribution in [-0.2, 0) is 9.47 Å². The van der Waals surface area contributed by atoms with Crippen molar-refractivity contribution in [2.75, 3.05) is 52.3 Å². The van der Waals surface area contributed by atoms with Gasteiger partial charge in [0.1, 0.15) is 10.7 Å². The van der Waals surface area contributed by atoms with Crippen LogP contribution >= 0.6 is 36.2 Å². The van der Waals surface area contributed by atoms with Gasteiger partial charge in [0.2, 0.25) is 5.01 Å². The maximum atomic E-state index is 12.3. The molecule has 0 saturated carbocycles. The highest BCUT2D eigenvalue weighted by atomic mass is 35.5. The van der Waals surface area contributed by atoms with E-state index in [1.165, 1.54) is 11.3 Å². The Morgan fingerprint density at radius 2 is 2.06 bits per heavy atom. The van der Waals surface area contributed by atoms with Gasteiger partial charge < -0.3 is 19.7 Å². The molecule has 2 aromatic rings. The molecule has 0 amide bonds. The van der Waals surface area contributed by atoms with E-state index < -0.39 is 5.97 Å². The van der Waals surface area contributed by atoms with Crippen molar-refractivity contribution in [3.8, 4) is 0 Å². The molecule has 0 unspecified atom stereocenters. The second-order valence-corrected chi connectivity index (χ2v) is 8.36. The Bertz CT molecular complexity index is 955. The lowest BCUT2D eigenvalue weighted by molar-refractivity contribution is 0.0526. The number of anilines is 2. The van der Waals surface area contributed by atoms with Crippen molar-refractivity contribution in [2.45, 2.75) is 19.4 Å². The molecule has 1 saturated heterocycles. The van der Waals surface area contributed by atoms with E-state index in [0.29, 0.717) is 30.0 Å². The van der Waals surface area contributed by atoms with Crippen molar-refractivity contribution in [1.82, 2.24) is 14.8 Å². The molecule has 11 heteroatoms. The standard InChI is InChI=1S/C21H27N5O3S.2ClH/c1-4-29-21(27)20-24-17-18(26-11-10-25(2)14(13-26)9-12-28-3)22-15-7-5-6-8-16(15)23-19(17)30-20;;/h5-8,14,23H,4,9-13H2,1-3H3;2*1H/t14-;;/m0../s1. The topological polar surface area (TPSA) is 79.3 Å². The molecule has 1 aromatic carbocycles. The number of ether oxygens (including phenoxy) is 2. The van der Waals surface area contributed by atoms with E-state index in [2.05, 4.69) is 27.1 Å². The molecule has 1 atom stereocenters. The number of para-hydroxylation sites is 2. The fourth-order valence-corrected chi connectivity index (χ4v) is 4.59. The zero-order valence-electron chi connectivity index (χ0n) is 18.4. The fraction of sp³-hybridized carbons (Fsp3) is 0.476. The van der Waals surface area contributed by atoms with Crippen LogP contribution in [0.1, 0.15) is 28.8 Å². The average molecular weight is 502 g/mol. The zero-order valence-corrected chi connectivity index (χ0v) is 20.8. The number of nitrogens with one attached hydrogen (secondary N) is 1. The van der Waals surface area contributed by atoms with Gasteiger partial charge in [0.05, 0.1) is 18.0 Å². The number of halogens is 2. The quantitative estimate of drug-likeness (QED) is 0.621. The van der Waals surface area contributed by atoms with Crippen LogP contribution in [-0.4, -0.2) is 79.6 Å². The first kappa shape index (κ1) is 26.3. The Kier molecular flexibility index (Phi) is 9.72. The van der Waals surface area contributed by atoms with Crippen molar-refractivity contribution in [1.29, 1.82) is 0 Å². The van der Waals surface area contributed by atoms with Gasteiger partial charge in [0.25, 0.3) is 0 Å². The van der Waals surface area contributed by atoms with Crippen molar-refractivity contribution in [3.63, 3.8) is 0 Å². The Morgan fingerprint density at radius 1 is 1.28 bits per heavy atom. The first-order chi connectivity index (χ1) is 14.6. The van der Waals surface area contributed by atoms with E-state index in [-0.39, 0.29) is 24.8 Å². The minimum Gasteiger partial charge on any atom is -0.461 e. The van der Waals surface area contributed by atoms with Crippen LogP contribution in [0.5, 0.6) is 0 Å². The van der Waals surface area contributed by atoms with Crippen molar-refractivity contribution < 1.29 is 14.3 Å². The van der Waals surface area contributed by atoms with Gasteiger partial charge in [-0.1, -0.05) is 23.5 Å². The van der Waals surface area contributed by atoms with Crippen molar-refractivity contribution in [3.05, 3.63) is 35.0 Å². The molecule has 1 aromatic heterocycles. The van der Waals surface area contributed by atoms with Gasteiger partial charge in [0.15, 0.2) is 5.84 Å². The Morgan fingerprint density at radius 3 is 2.81 bits per heavy atom. The summed E-state index contributed by atoms with van der Waals surface area (Å²) in [4.78, 5) is 26.6. The molecule has 0 spiro atoms. The summed E-state index contributed by atoms with van der Waals surface area (Å²) >= 11 is 1.31. The van der Waals surface area contributed by atoms with Crippen LogP contribution in [0.2, 0.25) is 0 Å². The van der Waals surface area contributed by atoms with E-state index in [9.17, 15) is 4.79 Å². The second-order valence-electron chi connectivity index (χ2n) is 7.36. The zero-order chi connectivity index (χ0) is 21.1. The first-order valence-electron chi connectivity index (χ1n) is 10.2. The molecule has 4 rings (SSSR count). The highest BCUT2D eigenvalue weighted by Gasteiger charge is 2.32. The number of rotatable bonds is 5. The number of benzene rings is 1. The summed E-state index contributed by atoms with van der Waals surface area (Å²) in [6, 6.07) is 8.28. The van der Waals surface area contributed by atoms with Crippen LogP contribution in [0, 0.1) is 0 Å². The number of hydrogen-bond donors (Lipinski definition) is 1. The summed E-state index contributed by atoms with van der Waals surface area (Å²) in [7, 11) is 3.88. The Hall–Kier alpha value is -1.91. The maximum absolute atomic E-state index is 12.3. The molecular formula is C21H29Cl2N5O3S. The second kappa shape index (κ2) is 11.8. The van der Waals surface area contributed by atoms with Crippen molar-refractivity contribution >= 4 is 64.3 Å². The summed E-state index contributed by atoms with van der Waals surface area (Å²) in [5.41, 5.74) is 2.47. The molecule has 0 radical (unpaired) electrons. The number of thiazole rings is 1. The number of carbonyl (C=O) groups is 1. The normalized spacial score (nSPS) is 17.5. The number of nitrogens with zero attached hydrogens (tertiary/aromatic N) is 4. The van der Waals surface area contributed by atoms with Crippen LogP contribution in [0.15, 0.2) is 29.3 Å². The monoisotopic (exact) mass is 501 g/mol. The number of methoxy groups -OCH3 is 1. The molecule has 32 heavy (non-hydrogen) atoms. The number of amidine groups is 1. The lowest BCUT2D eigenvalue weighted by Gasteiger charge is -2.40. The van der Waals surface area contributed by atoms with E-state index in [1.807, 2.05) is 24.3 Å². The molecule has 3 heterocycles. The summed E-state index contributed by atoms with van der Waals surface area (Å²) in [5.74, 6) is 0.395. The largest absolute Gasteiger partial charge is 0.461 e. The lowest BCUT2D eigenvalue weighted by Crippen LogP contribution is -2.53. The van der Waals surface area contributed by atoms with Gasteiger partial charge in [-0.3, -0.25) is 4.90 Å². The first-order valence-corrected chi connectivity index (χ1v) is 11.0. The van der Waals surface area contributed by atoms with Crippen molar-refractivity contribution in [2.24, 2.45) is 4.99 Å². The molecule has 0 aliphatic carbocycles. The van der Waals surface area contributed by atoms with Gasteiger partial charge in [0, 0.05) is 39.4 Å². The molecule has 8 nitrogen and oxygen atoms in total. The minimum atomic E-state index is -0.402. The molecule has 1 fully saturated rings. The molecular weight excluding hydrogens is 473 g/mol. The number of fused-ring (bicyclic) bond motifs is 2. The highest BCUT2D eigenvalue weighted by Crippen LogP contribution is 2.38. The molecule has 2 aliphatic heterocycles. The molecule has 176 valence electrons. The smallest absolute Gasteiger partial charge is 0.367 e. The van der Waals surface area contributed by atoms with Crippen LogP contribution in [0.25, 0.3) is 0 Å². The van der Waals surface area contributed by atoms with Gasteiger partial charge in [-0.2, -0.15) is 0 Å². The molecule has 2 aliphatic rings. The van der Waals surface area contributed by atoms with Crippen LogP contribution < -0.4 is 5.32 Å². The third-order valence-corrected chi connectivity index (χ3v) is 6.35. The average Bonchev–Trinajstić information content (AvgIpc) is 3.10. The van der Waals surface area contributed by atoms with Crippen LogP contribution in [0.4, 0.5) is 16.4 Å². The van der Waals surface area contributed by atoms with E-state index in [4.69, 9.17) is 14.5 Å². The van der Waals surface area contributed by atoms with E-state index in [0.717, 1.165) is 48.3 Å². The predicted octanol–water partition coefficient (Wildman–Crippen LogP) is 3.95. The number of esters is 1. The third-order valence-electron chi connectivity index (χ3n) is 5.40. The third kappa shape index (κ3) is 5.52. The number of piperazine rings is 1. The van der Waals surface area contributed by atoms with Gasteiger partial charge in [-0.15, -0.1) is 24.8 Å². The minimum absolute atomic E-state index is 0.